The summed E-state index contributed by atoms with van der Waals surface area (Å²) in [6.07, 6.45) is 4.77. The number of terminal acetylenes is 1. The molecule has 0 unspecified atom stereocenters. The average Bonchev–Trinajstić information content (AvgIpc) is 2.78. The van der Waals surface area contributed by atoms with Crippen LogP contribution in [0.5, 0.6) is 0 Å². The van der Waals surface area contributed by atoms with E-state index in [1.165, 1.54) is 20.0 Å². The third kappa shape index (κ3) is 2.81. The lowest BCUT2D eigenvalue weighted by Crippen LogP contribution is -2.43. The normalized spacial score (nSPS) is 27.4. The van der Waals surface area contributed by atoms with Crippen molar-refractivity contribution in [1.82, 2.24) is 9.55 Å². The van der Waals surface area contributed by atoms with Gasteiger partial charge in [0.15, 0.2) is 5.60 Å². The highest BCUT2D eigenvalue weighted by atomic mass is 16.6. The van der Waals surface area contributed by atoms with Crippen molar-refractivity contribution in [1.29, 1.82) is 0 Å². The topological polar surface area (TPSA) is 111 Å². The minimum atomic E-state index is -1.53. The summed E-state index contributed by atoms with van der Waals surface area (Å²) in [6, 6.07) is 0. The lowest BCUT2D eigenvalue weighted by atomic mass is 9.99. The lowest BCUT2D eigenvalue weighted by Gasteiger charge is -2.25. The van der Waals surface area contributed by atoms with Crippen LogP contribution in [-0.4, -0.2) is 38.9 Å². The highest BCUT2D eigenvalue weighted by Crippen LogP contribution is 2.36. The van der Waals surface area contributed by atoms with Crippen LogP contribution >= 0.6 is 0 Å². The smallest absolute Gasteiger partial charge is 0.330 e. The Morgan fingerprint density at radius 2 is 2.36 bits per heavy atom. The van der Waals surface area contributed by atoms with E-state index >= 15 is 0 Å². The fraction of sp³-hybridized carbons (Fsp3) is 0.500. The van der Waals surface area contributed by atoms with Gasteiger partial charge in [-0.2, -0.15) is 0 Å². The molecule has 0 bridgehead atoms. The highest BCUT2D eigenvalue weighted by molar-refractivity contribution is 5.66. The molecule has 0 spiro atoms. The molecule has 0 radical (unpaired) electrons. The molecule has 3 atom stereocenters. The first-order valence-corrected chi connectivity index (χ1v) is 6.58. The Kier molecular flexibility index (Phi) is 4.21. The van der Waals surface area contributed by atoms with Crippen molar-refractivity contribution < 1.29 is 19.4 Å². The van der Waals surface area contributed by atoms with Crippen molar-refractivity contribution in [2.45, 2.75) is 38.2 Å². The van der Waals surface area contributed by atoms with Gasteiger partial charge >= 0.3 is 11.7 Å². The van der Waals surface area contributed by atoms with Gasteiger partial charge in [-0.05, 0) is 6.92 Å². The molecule has 0 saturated carbocycles. The summed E-state index contributed by atoms with van der Waals surface area (Å²) in [4.78, 5) is 36.3. The molecule has 118 valence electrons. The van der Waals surface area contributed by atoms with Crippen molar-refractivity contribution in [2.75, 3.05) is 6.61 Å². The van der Waals surface area contributed by atoms with Crippen LogP contribution in [0.3, 0.4) is 0 Å². The number of hydrogen-bond acceptors (Lipinski definition) is 6. The molecule has 2 rings (SSSR count). The fourth-order valence-corrected chi connectivity index (χ4v) is 2.23. The third-order valence-electron chi connectivity index (χ3n) is 3.50. The molecule has 1 aromatic rings. The monoisotopic (exact) mass is 308 g/mol. The zero-order valence-corrected chi connectivity index (χ0v) is 12.2. The van der Waals surface area contributed by atoms with Gasteiger partial charge in [0.25, 0.3) is 5.56 Å². The number of carbonyl (C=O) groups excluding carboxylic acids is 1. The summed E-state index contributed by atoms with van der Waals surface area (Å²) in [7, 11) is 0. The summed E-state index contributed by atoms with van der Waals surface area (Å²) in [5.41, 5.74) is -2.38. The number of esters is 1. The predicted octanol–water partition coefficient (Wildman–Crippen LogP) is -0.940. The minimum absolute atomic E-state index is 0.0247. The largest absolute Gasteiger partial charge is 0.462 e. The van der Waals surface area contributed by atoms with Crippen LogP contribution in [0.25, 0.3) is 0 Å². The first-order chi connectivity index (χ1) is 10.3. The third-order valence-corrected chi connectivity index (χ3v) is 3.50. The van der Waals surface area contributed by atoms with Gasteiger partial charge in [0, 0.05) is 25.1 Å². The molecule has 0 aromatic carbocycles. The number of aromatic nitrogens is 2. The maximum absolute atomic E-state index is 11.9. The number of hydrogen-bond donors (Lipinski definition) is 2. The summed E-state index contributed by atoms with van der Waals surface area (Å²) < 4.78 is 11.6. The summed E-state index contributed by atoms with van der Waals surface area (Å²) in [5, 5.41) is 10.2. The van der Waals surface area contributed by atoms with Gasteiger partial charge in [-0.25, -0.2) is 4.79 Å². The molecule has 2 heterocycles. The van der Waals surface area contributed by atoms with E-state index < -0.39 is 35.2 Å². The van der Waals surface area contributed by atoms with Crippen LogP contribution in [0.15, 0.2) is 15.8 Å². The molecule has 8 heteroatoms. The first kappa shape index (κ1) is 16.0. The maximum Gasteiger partial charge on any atom is 0.330 e. The fourth-order valence-electron chi connectivity index (χ4n) is 2.23. The number of aliphatic hydroxyl groups excluding tert-OH is 1. The molecule has 0 amide bonds. The predicted molar refractivity (Wildman–Crippen MR) is 75.0 cm³/mol. The Hall–Kier alpha value is -2.37. The van der Waals surface area contributed by atoms with E-state index in [4.69, 9.17) is 15.9 Å². The van der Waals surface area contributed by atoms with Crippen molar-refractivity contribution in [3.8, 4) is 12.3 Å². The Labute approximate surface area is 125 Å². The zero-order chi connectivity index (χ0) is 16.5. The molecule has 22 heavy (non-hydrogen) atoms. The van der Waals surface area contributed by atoms with Crippen LogP contribution in [-0.2, 0) is 14.3 Å². The lowest BCUT2D eigenvalue weighted by molar-refractivity contribution is -0.154. The molecule has 1 aliphatic heterocycles. The Balaban J connectivity index is 2.32. The van der Waals surface area contributed by atoms with E-state index in [0.29, 0.717) is 5.56 Å². The number of nitrogens with zero attached hydrogens (tertiary/aromatic N) is 1. The molecule has 2 N–H and O–H groups in total. The quantitative estimate of drug-likeness (QED) is 0.551. The minimum Gasteiger partial charge on any atom is -0.462 e. The zero-order valence-electron chi connectivity index (χ0n) is 12.2. The molecule has 1 saturated heterocycles. The van der Waals surface area contributed by atoms with Gasteiger partial charge in [-0.1, -0.05) is 5.92 Å². The van der Waals surface area contributed by atoms with E-state index in [-0.39, 0.29) is 13.0 Å². The van der Waals surface area contributed by atoms with Crippen molar-refractivity contribution in [3.63, 3.8) is 0 Å². The Morgan fingerprint density at radius 1 is 1.68 bits per heavy atom. The highest BCUT2D eigenvalue weighted by Gasteiger charge is 2.49. The molecular weight excluding hydrogens is 292 g/mol. The van der Waals surface area contributed by atoms with Crippen LogP contribution in [0.2, 0.25) is 0 Å². The standard InChI is InChI=1S/C14H16N2O6/c1-4-14(7-21-9(3)17)10(18)5-11(22-14)16-6-8(2)12(19)15-13(16)20/h1,6,10-11,18H,5,7H2,2-3H3,(H,15,19,20)/t10-,11-,14-/m1/s1. The second-order valence-electron chi connectivity index (χ2n) is 5.12. The number of ether oxygens (including phenoxy) is 2. The first-order valence-electron chi connectivity index (χ1n) is 6.58. The number of aryl methyl sites for hydroxylation is 1. The number of H-pyrrole nitrogens is 1. The number of nitrogens with one attached hydrogen (secondary N) is 1. The van der Waals surface area contributed by atoms with Crippen molar-refractivity contribution in [2.24, 2.45) is 0 Å². The maximum atomic E-state index is 11.9. The van der Waals surface area contributed by atoms with E-state index in [1.54, 1.807) is 0 Å². The number of carbonyl (C=O) groups is 1. The molecule has 8 nitrogen and oxygen atoms in total. The van der Waals surface area contributed by atoms with Crippen LogP contribution in [0, 0.1) is 19.3 Å². The summed E-state index contributed by atoms with van der Waals surface area (Å²) in [5.74, 6) is 1.73. The van der Waals surface area contributed by atoms with Crippen LogP contribution < -0.4 is 11.2 Å². The average molecular weight is 308 g/mol. The second-order valence-corrected chi connectivity index (χ2v) is 5.12. The molecule has 0 aliphatic carbocycles. The Morgan fingerprint density at radius 3 is 2.95 bits per heavy atom. The SMILES string of the molecule is C#C[C@]1(COC(C)=O)O[C@@H](n2cc(C)c(=O)[nH]c2=O)C[C@H]1O. The van der Waals surface area contributed by atoms with Gasteiger partial charge < -0.3 is 14.6 Å². The molecule has 1 aliphatic rings. The van der Waals surface area contributed by atoms with Gasteiger partial charge in [0.1, 0.15) is 18.9 Å². The summed E-state index contributed by atoms with van der Waals surface area (Å²) >= 11 is 0. The van der Waals surface area contributed by atoms with E-state index in [2.05, 4.69) is 10.9 Å². The van der Waals surface area contributed by atoms with E-state index in [1.807, 2.05) is 0 Å². The van der Waals surface area contributed by atoms with E-state index in [9.17, 15) is 19.5 Å². The van der Waals surface area contributed by atoms with Gasteiger partial charge in [-0.3, -0.25) is 19.1 Å². The summed E-state index contributed by atoms with van der Waals surface area (Å²) in [6.45, 7) is 2.42. The van der Waals surface area contributed by atoms with E-state index in [0.717, 1.165) is 4.57 Å². The van der Waals surface area contributed by atoms with Crippen molar-refractivity contribution >= 4 is 5.97 Å². The number of aromatic amines is 1. The molecule has 1 fully saturated rings. The van der Waals surface area contributed by atoms with Gasteiger partial charge in [0.2, 0.25) is 0 Å². The number of aliphatic hydroxyl groups is 1. The van der Waals surface area contributed by atoms with Crippen LogP contribution in [0.1, 0.15) is 25.1 Å². The van der Waals surface area contributed by atoms with Crippen LogP contribution in [0.4, 0.5) is 0 Å². The van der Waals surface area contributed by atoms with Crippen molar-refractivity contribution in [3.05, 3.63) is 32.6 Å². The molecule has 1 aromatic heterocycles. The van der Waals surface area contributed by atoms with Gasteiger partial charge in [0.05, 0.1) is 0 Å². The Bertz CT molecular complexity index is 743. The molecular formula is C14H16N2O6. The second kappa shape index (κ2) is 5.79. The number of rotatable bonds is 3. The van der Waals surface area contributed by atoms with Gasteiger partial charge in [-0.15, -0.1) is 6.42 Å².